The standard InChI is InChI=1S/C22H24N4O4S2/c1-15(23-16(2)27)17-9-11-18(12-10-17)20-14-31-22(24-20)25-21(28)13-26(3)32(29,30)19-7-5-4-6-8-19/h4-12,14-15H,13H2,1-3H3,(H,23,27)(H,24,25,28). The van der Waals surface area contributed by atoms with Crippen LogP contribution >= 0.6 is 11.3 Å². The predicted molar refractivity (Wildman–Crippen MR) is 125 cm³/mol. The minimum atomic E-state index is -3.75. The van der Waals surface area contributed by atoms with Gasteiger partial charge in [-0.3, -0.25) is 9.59 Å². The molecule has 1 aromatic heterocycles. The molecule has 0 aliphatic heterocycles. The molecule has 10 heteroatoms. The molecule has 3 rings (SSSR count). The Morgan fingerprint density at radius 2 is 1.75 bits per heavy atom. The molecule has 0 spiro atoms. The molecule has 0 radical (unpaired) electrons. The van der Waals surface area contributed by atoms with Gasteiger partial charge in [0.1, 0.15) is 0 Å². The summed E-state index contributed by atoms with van der Waals surface area (Å²) in [6, 6.07) is 15.5. The molecule has 1 heterocycles. The lowest BCUT2D eigenvalue weighted by atomic mass is 10.1. The number of rotatable bonds is 8. The molecule has 2 amide bonds. The van der Waals surface area contributed by atoms with E-state index in [4.69, 9.17) is 0 Å². The van der Waals surface area contributed by atoms with Crippen molar-refractivity contribution in [3.63, 3.8) is 0 Å². The Morgan fingerprint density at radius 3 is 2.38 bits per heavy atom. The van der Waals surface area contributed by atoms with Crippen molar-refractivity contribution >= 4 is 38.3 Å². The average molecular weight is 473 g/mol. The Kier molecular flexibility index (Phi) is 7.39. The Balaban J connectivity index is 1.62. The lowest BCUT2D eigenvalue weighted by Crippen LogP contribution is -2.34. The third-order valence-electron chi connectivity index (χ3n) is 4.69. The molecule has 1 unspecified atom stereocenters. The van der Waals surface area contributed by atoms with Gasteiger partial charge >= 0.3 is 0 Å². The van der Waals surface area contributed by atoms with Crippen LogP contribution in [0.4, 0.5) is 5.13 Å². The van der Waals surface area contributed by atoms with Crippen LogP contribution in [-0.2, 0) is 19.6 Å². The second kappa shape index (κ2) is 10.0. The maximum absolute atomic E-state index is 12.6. The van der Waals surface area contributed by atoms with Crippen molar-refractivity contribution in [2.45, 2.75) is 24.8 Å². The smallest absolute Gasteiger partial charge is 0.243 e. The monoisotopic (exact) mass is 472 g/mol. The fourth-order valence-corrected chi connectivity index (χ4v) is 4.90. The number of hydrogen-bond acceptors (Lipinski definition) is 6. The van der Waals surface area contributed by atoms with Gasteiger partial charge < -0.3 is 10.6 Å². The van der Waals surface area contributed by atoms with Gasteiger partial charge in [0.05, 0.1) is 23.2 Å². The lowest BCUT2D eigenvalue weighted by Gasteiger charge is -2.16. The first kappa shape index (κ1) is 23.6. The number of aromatic nitrogens is 1. The van der Waals surface area contributed by atoms with Crippen molar-refractivity contribution in [2.24, 2.45) is 0 Å². The zero-order chi connectivity index (χ0) is 23.3. The van der Waals surface area contributed by atoms with Crippen LogP contribution in [0.2, 0.25) is 0 Å². The van der Waals surface area contributed by atoms with Gasteiger partial charge in [0.2, 0.25) is 21.8 Å². The van der Waals surface area contributed by atoms with E-state index in [2.05, 4.69) is 15.6 Å². The first-order valence-electron chi connectivity index (χ1n) is 9.81. The van der Waals surface area contributed by atoms with Gasteiger partial charge in [-0.25, -0.2) is 13.4 Å². The van der Waals surface area contributed by atoms with E-state index in [-0.39, 0.29) is 23.4 Å². The van der Waals surface area contributed by atoms with Gasteiger partial charge in [-0.2, -0.15) is 4.31 Å². The van der Waals surface area contributed by atoms with Crippen molar-refractivity contribution in [2.75, 3.05) is 18.9 Å². The van der Waals surface area contributed by atoms with E-state index in [9.17, 15) is 18.0 Å². The molecule has 2 aromatic carbocycles. The largest absolute Gasteiger partial charge is 0.350 e. The Bertz CT molecular complexity index is 1190. The summed E-state index contributed by atoms with van der Waals surface area (Å²) in [5, 5.41) is 7.68. The second-order valence-electron chi connectivity index (χ2n) is 7.20. The third-order valence-corrected chi connectivity index (χ3v) is 7.27. The van der Waals surface area contributed by atoms with Crippen molar-refractivity contribution in [3.8, 4) is 11.3 Å². The van der Waals surface area contributed by atoms with Gasteiger partial charge in [-0.15, -0.1) is 11.3 Å². The maximum atomic E-state index is 12.6. The van der Waals surface area contributed by atoms with Gasteiger partial charge in [-0.1, -0.05) is 42.5 Å². The van der Waals surface area contributed by atoms with Crippen LogP contribution in [0.15, 0.2) is 64.9 Å². The topological polar surface area (TPSA) is 108 Å². The molecule has 8 nitrogen and oxygen atoms in total. The molecule has 3 aromatic rings. The van der Waals surface area contributed by atoms with Gasteiger partial charge in [0.15, 0.2) is 5.13 Å². The van der Waals surface area contributed by atoms with Crippen LogP contribution in [0, 0.1) is 0 Å². The number of thiazole rings is 1. The van der Waals surface area contributed by atoms with Crippen LogP contribution in [0.3, 0.4) is 0 Å². The summed E-state index contributed by atoms with van der Waals surface area (Å²) in [4.78, 5) is 28.1. The number of likely N-dealkylation sites (N-methyl/N-ethyl adjacent to an activating group) is 1. The number of carbonyl (C=O) groups excluding carboxylic acids is 2. The number of hydrogen-bond donors (Lipinski definition) is 2. The summed E-state index contributed by atoms with van der Waals surface area (Å²) in [7, 11) is -2.39. The van der Waals surface area contributed by atoms with E-state index in [1.807, 2.05) is 36.6 Å². The van der Waals surface area contributed by atoms with Crippen molar-refractivity contribution in [3.05, 3.63) is 65.5 Å². The van der Waals surface area contributed by atoms with Crippen LogP contribution in [0.1, 0.15) is 25.5 Å². The molecule has 0 saturated heterocycles. The quantitative estimate of drug-likeness (QED) is 0.523. The van der Waals surface area contributed by atoms with Crippen LogP contribution in [-0.4, -0.2) is 43.1 Å². The number of nitrogens with one attached hydrogen (secondary N) is 2. The summed E-state index contributed by atoms with van der Waals surface area (Å²) >= 11 is 1.25. The molecule has 0 saturated carbocycles. The lowest BCUT2D eigenvalue weighted by molar-refractivity contribution is -0.119. The number of carbonyl (C=O) groups is 2. The van der Waals surface area contributed by atoms with E-state index in [0.717, 1.165) is 15.4 Å². The van der Waals surface area contributed by atoms with Gasteiger partial charge in [0, 0.05) is 24.9 Å². The number of nitrogens with zero attached hydrogens (tertiary/aromatic N) is 2. The molecule has 32 heavy (non-hydrogen) atoms. The normalized spacial score (nSPS) is 12.4. The molecular weight excluding hydrogens is 448 g/mol. The van der Waals surface area contributed by atoms with E-state index in [1.54, 1.807) is 18.2 Å². The number of anilines is 1. The highest BCUT2D eigenvalue weighted by molar-refractivity contribution is 7.89. The number of sulfonamides is 1. The molecule has 2 N–H and O–H groups in total. The van der Waals surface area contributed by atoms with E-state index >= 15 is 0 Å². The first-order chi connectivity index (χ1) is 15.2. The fourth-order valence-electron chi connectivity index (χ4n) is 3.01. The Labute approximate surface area is 191 Å². The minimum Gasteiger partial charge on any atom is -0.350 e. The molecular formula is C22H24N4O4S2. The van der Waals surface area contributed by atoms with Crippen molar-refractivity contribution in [1.29, 1.82) is 0 Å². The number of benzene rings is 2. The first-order valence-corrected chi connectivity index (χ1v) is 12.1. The summed E-state index contributed by atoms with van der Waals surface area (Å²) in [6.07, 6.45) is 0. The van der Waals surface area contributed by atoms with E-state index in [1.165, 1.54) is 37.4 Å². The average Bonchev–Trinajstić information content (AvgIpc) is 3.22. The zero-order valence-corrected chi connectivity index (χ0v) is 19.5. The summed E-state index contributed by atoms with van der Waals surface area (Å²) < 4.78 is 26.1. The fraction of sp³-hybridized carbons (Fsp3) is 0.227. The zero-order valence-electron chi connectivity index (χ0n) is 17.9. The van der Waals surface area contributed by atoms with Crippen LogP contribution in [0.5, 0.6) is 0 Å². The summed E-state index contributed by atoms with van der Waals surface area (Å²) in [5.74, 6) is -0.573. The highest BCUT2D eigenvalue weighted by Crippen LogP contribution is 2.26. The molecule has 0 fully saturated rings. The van der Waals surface area contributed by atoms with Crippen molar-refractivity contribution < 1.29 is 18.0 Å². The number of amides is 2. The maximum Gasteiger partial charge on any atom is 0.243 e. The van der Waals surface area contributed by atoms with E-state index in [0.29, 0.717) is 10.8 Å². The highest BCUT2D eigenvalue weighted by Gasteiger charge is 2.23. The second-order valence-corrected chi connectivity index (χ2v) is 10.1. The van der Waals surface area contributed by atoms with Crippen LogP contribution < -0.4 is 10.6 Å². The third kappa shape index (κ3) is 5.78. The molecule has 0 aliphatic carbocycles. The summed E-state index contributed by atoms with van der Waals surface area (Å²) in [6.45, 7) is 3.05. The Morgan fingerprint density at radius 1 is 1.09 bits per heavy atom. The Hall–Kier alpha value is -3.08. The molecule has 0 aliphatic rings. The predicted octanol–water partition coefficient (Wildman–Crippen LogP) is 3.27. The molecule has 0 bridgehead atoms. The van der Waals surface area contributed by atoms with Crippen molar-refractivity contribution in [1.82, 2.24) is 14.6 Å². The van der Waals surface area contributed by atoms with Gasteiger partial charge in [0.25, 0.3) is 0 Å². The minimum absolute atomic E-state index is 0.0938. The molecule has 168 valence electrons. The summed E-state index contributed by atoms with van der Waals surface area (Å²) in [5.41, 5.74) is 2.52. The molecule has 1 atom stereocenters. The van der Waals surface area contributed by atoms with Gasteiger partial charge in [-0.05, 0) is 24.6 Å². The van der Waals surface area contributed by atoms with Crippen LogP contribution in [0.25, 0.3) is 11.3 Å². The highest BCUT2D eigenvalue weighted by atomic mass is 32.2. The van der Waals surface area contributed by atoms with E-state index < -0.39 is 15.9 Å². The SMILES string of the molecule is CC(=O)NC(C)c1ccc(-c2csc(NC(=O)CN(C)S(=O)(=O)c3ccccc3)n2)cc1.